The van der Waals surface area contributed by atoms with Crippen LogP contribution >= 0.6 is 23.2 Å². The van der Waals surface area contributed by atoms with Crippen molar-refractivity contribution >= 4 is 46.6 Å². The zero-order chi connectivity index (χ0) is 32.3. The summed E-state index contributed by atoms with van der Waals surface area (Å²) in [7, 11) is 0. The second-order valence-electron chi connectivity index (χ2n) is 14.1. The summed E-state index contributed by atoms with van der Waals surface area (Å²) in [4.78, 5) is 45.4. The number of carbonyl (C=O) groups excluding carboxylic acids is 3. The number of hydrogen-bond donors (Lipinski definition) is 4. The van der Waals surface area contributed by atoms with Crippen LogP contribution in [0, 0.1) is 11.2 Å². The molecule has 3 aliphatic heterocycles. The van der Waals surface area contributed by atoms with E-state index in [0.29, 0.717) is 42.0 Å². The summed E-state index contributed by atoms with van der Waals surface area (Å²) >= 11 is 12.6. The van der Waals surface area contributed by atoms with Crippen LogP contribution in [0.4, 0.5) is 10.1 Å². The van der Waals surface area contributed by atoms with Crippen LogP contribution in [0.5, 0.6) is 0 Å². The van der Waals surface area contributed by atoms with Crippen LogP contribution in [0.25, 0.3) is 0 Å². The van der Waals surface area contributed by atoms with Crippen LogP contribution in [-0.2, 0) is 24.5 Å². The SMILES string of the molecule is CC(C)NC(=O)[C@@H]1CC[C@@H](NC(=O)[C@@H]2NC3(CCC(C)(C)CC3)[C@@]3(C(=O)Nc4cc(Cl)ccc43)[C@H]2c2ccnc(Cl)c2F)CO1. The Balaban J connectivity index is 1.41. The van der Waals surface area contributed by atoms with Crippen LogP contribution in [-0.4, -0.2) is 59.1 Å². The molecule has 0 unspecified atom stereocenters. The van der Waals surface area contributed by atoms with Gasteiger partial charge in [-0.2, -0.15) is 0 Å². The summed E-state index contributed by atoms with van der Waals surface area (Å²) < 4.78 is 21.9. The van der Waals surface area contributed by atoms with Gasteiger partial charge in [0.15, 0.2) is 11.0 Å². The fraction of sp³-hybridized carbons (Fsp3) is 0.576. The first-order valence-corrected chi connectivity index (χ1v) is 16.4. The Labute approximate surface area is 272 Å². The van der Waals surface area contributed by atoms with Crippen molar-refractivity contribution in [3.05, 3.63) is 57.6 Å². The maximum atomic E-state index is 16.1. The molecule has 0 radical (unpaired) electrons. The van der Waals surface area contributed by atoms with E-state index in [9.17, 15) is 14.4 Å². The van der Waals surface area contributed by atoms with Gasteiger partial charge in [0, 0.05) is 34.4 Å². The highest BCUT2D eigenvalue weighted by molar-refractivity contribution is 6.31. The zero-order valence-electron chi connectivity index (χ0n) is 25.9. The summed E-state index contributed by atoms with van der Waals surface area (Å²) in [6.45, 7) is 8.33. The van der Waals surface area contributed by atoms with Gasteiger partial charge in [0.25, 0.3) is 0 Å². The molecule has 1 aromatic carbocycles. The van der Waals surface area contributed by atoms with Crippen LogP contribution in [0.3, 0.4) is 0 Å². The lowest BCUT2D eigenvalue weighted by atomic mass is 9.53. The predicted octanol–water partition coefficient (Wildman–Crippen LogP) is 5.00. The molecule has 3 amide bonds. The normalized spacial score (nSPS) is 29.9. The minimum absolute atomic E-state index is 0.00932. The van der Waals surface area contributed by atoms with Crippen molar-refractivity contribution in [1.29, 1.82) is 0 Å². The minimum Gasteiger partial charge on any atom is -0.366 e. The molecule has 12 heteroatoms. The zero-order valence-corrected chi connectivity index (χ0v) is 27.4. The van der Waals surface area contributed by atoms with E-state index in [1.54, 1.807) is 12.1 Å². The number of hydrogen-bond acceptors (Lipinski definition) is 6. The van der Waals surface area contributed by atoms with E-state index in [-0.39, 0.29) is 52.5 Å². The second kappa shape index (κ2) is 11.8. The summed E-state index contributed by atoms with van der Waals surface area (Å²) in [5, 5.41) is 12.8. The molecule has 4 heterocycles. The van der Waals surface area contributed by atoms with Gasteiger partial charge in [-0.15, -0.1) is 0 Å². The van der Waals surface area contributed by atoms with Gasteiger partial charge in [0.2, 0.25) is 17.7 Å². The molecule has 5 atom stereocenters. The molecule has 4 N–H and O–H groups in total. The number of rotatable bonds is 5. The van der Waals surface area contributed by atoms with E-state index in [2.05, 4.69) is 40.1 Å². The molecule has 3 fully saturated rings. The fourth-order valence-corrected chi connectivity index (χ4v) is 8.41. The molecule has 1 aliphatic carbocycles. The highest BCUT2D eigenvalue weighted by atomic mass is 35.5. The Bertz CT molecular complexity index is 1520. The molecule has 6 rings (SSSR count). The van der Waals surface area contributed by atoms with Crippen molar-refractivity contribution < 1.29 is 23.5 Å². The Morgan fingerprint density at radius 1 is 1.09 bits per heavy atom. The lowest BCUT2D eigenvalue weighted by Crippen LogP contribution is -2.61. The smallest absolute Gasteiger partial charge is 0.249 e. The number of fused-ring (bicyclic) bond motifs is 3. The monoisotopic (exact) mass is 659 g/mol. The molecule has 2 aromatic rings. The highest BCUT2D eigenvalue weighted by Gasteiger charge is 2.73. The van der Waals surface area contributed by atoms with Gasteiger partial charge in [-0.25, -0.2) is 9.37 Å². The molecule has 4 aliphatic rings. The summed E-state index contributed by atoms with van der Waals surface area (Å²) in [6.07, 6.45) is 4.58. The van der Waals surface area contributed by atoms with Crippen LogP contribution in [0.15, 0.2) is 30.5 Å². The van der Waals surface area contributed by atoms with Gasteiger partial charge in [0.05, 0.1) is 18.7 Å². The molecular weight excluding hydrogens is 620 g/mol. The van der Waals surface area contributed by atoms with Crippen molar-refractivity contribution in [3.63, 3.8) is 0 Å². The molecule has 1 saturated carbocycles. The topological polar surface area (TPSA) is 121 Å². The number of nitrogens with zero attached hydrogens (tertiary/aromatic N) is 1. The molecule has 2 saturated heterocycles. The average Bonchev–Trinajstić information content (AvgIpc) is 3.44. The number of amides is 3. The van der Waals surface area contributed by atoms with E-state index in [4.69, 9.17) is 27.9 Å². The predicted molar refractivity (Wildman–Crippen MR) is 170 cm³/mol. The van der Waals surface area contributed by atoms with E-state index in [0.717, 1.165) is 12.8 Å². The average molecular weight is 661 g/mol. The molecule has 9 nitrogen and oxygen atoms in total. The number of halogens is 3. The van der Waals surface area contributed by atoms with Crippen molar-refractivity contribution in [2.24, 2.45) is 5.41 Å². The Kier molecular flexibility index (Phi) is 8.42. The number of pyridine rings is 1. The number of nitrogens with one attached hydrogen (secondary N) is 4. The van der Waals surface area contributed by atoms with Gasteiger partial charge in [-0.1, -0.05) is 43.1 Å². The van der Waals surface area contributed by atoms with E-state index < -0.39 is 34.8 Å². The molecule has 1 aromatic heterocycles. The first-order chi connectivity index (χ1) is 21.3. The van der Waals surface area contributed by atoms with Crippen molar-refractivity contribution in [2.45, 2.75) is 107 Å². The quantitative estimate of drug-likeness (QED) is 0.335. The molecular formula is C33H40Cl2FN5O4. The third-order valence-electron chi connectivity index (χ3n) is 10.3. The van der Waals surface area contributed by atoms with Gasteiger partial charge < -0.3 is 20.7 Å². The molecule has 45 heavy (non-hydrogen) atoms. The molecule has 2 spiro atoms. The van der Waals surface area contributed by atoms with E-state index >= 15 is 4.39 Å². The first kappa shape index (κ1) is 32.2. The maximum absolute atomic E-state index is 16.1. The third kappa shape index (κ3) is 5.41. The van der Waals surface area contributed by atoms with E-state index in [1.165, 1.54) is 12.3 Å². The molecule has 242 valence electrons. The van der Waals surface area contributed by atoms with Crippen LogP contribution < -0.4 is 21.3 Å². The number of ether oxygens (including phenoxy) is 1. The van der Waals surface area contributed by atoms with Crippen LogP contribution in [0.2, 0.25) is 10.2 Å². The number of aromatic nitrogens is 1. The number of benzene rings is 1. The lowest BCUT2D eigenvalue weighted by Gasteiger charge is -2.50. The second-order valence-corrected chi connectivity index (χ2v) is 14.9. The van der Waals surface area contributed by atoms with Gasteiger partial charge in [-0.05, 0) is 87.1 Å². The third-order valence-corrected chi connectivity index (χ3v) is 10.8. The number of anilines is 1. The lowest BCUT2D eigenvalue weighted by molar-refractivity contribution is -0.137. The Morgan fingerprint density at radius 3 is 2.49 bits per heavy atom. The minimum atomic E-state index is -1.35. The Hall–Kier alpha value is -2.79. The largest absolute Gasteiger partial charge is 0.366 e. The first-order valence-electron chi connectivity index (χ1n) is 15.7. The van der Waals surface area contributed by atoms with E-state index in [1.807, 2.05) is 19.9 Å². The summed E-state index contributed by atoms with van der Waals surface area (Å²) in [5.41, 5.74) is -0.810. The van der Waals surface area contributed by atoms with Gasteiger partial charge in [-0.3, -0.25) is 19.7 Å². The summed E-state index contributed by atoms with van der Waals surface area (Å²) in [5.74, 6) is -2.57. The van der Waals surface area contributed by atoms with Gasteiger partial charge in [0.1, 0.15) is 11.5 Å². The molecule has 0 bridgehead atoms. The highest BCUT2D eigenvalue weighted by Crippen LogP contribution is 2.64. The standard InChI is InChI=1S/C33H40Cl2FN5O4/c1-17(2)38-28(42)23-8-6-19(16-45-23)39-29(43)26-24(20-9-14-37-27(35)25(20)36)33(32(41-26)12-10-31(3,4)11-13-32)21-7-5-18(34)15-22(21)40-30(33)44/h5,7,9,14-15,17,19,23-24,26,41H,6,8,10-13,16H2,1-4H3,(H,38,42)(H,39,43)(H,40,44)/t19-,23+,24+,26-,33-/m1/s1. The van der Waals surface area contributed by atoms with Gasteiger partial charge >= 0.3 is 0 Å². The Morgan fingerprint density at radius 2 is 1.82 bits per heavy atom. The maximum Gasteiger partial charge on any atom is 0.249 e. The summed E-state index contributed by atoms with van der Waals surface area (Å²) in [6, 6.07) is 5.41. The van der Waals surface area contributed by atoms with Crippen molar-refractivity contribution in [1.82, 2.24) is 20.9 Å². The van der Waals surface area contributed by atoms with Crippen molar-refractivity contribution in [3.8, 4) is 0 Å². The van der Waals surface area contributed by atoms with Crippen molar-refractivity contribution in [2.75, 3.05) is 11.9 Å². The fourth-order valence-electron chi connectivity index (χ4n) is 8.07. The number of carbonyl (C=O) groups is 3. The van der Waals surface area contributed by atoms with Crippen LogP contribution in [0.1, 0.15) is 83.3 Å².